The van der Waals surface area contributed by atoms with Gasteiger partial charge in [0.2, 0.25) is 10.0 Å². The summed E-state index contributed by atoms with van der Waals surface area (Å²) in [6, 6.07) is 7.00. The minimum atomic E-state index is -3.63. The van der Waals surface area contributed by atoms with E-state index in [1.807, 2.05) is 26.0 Å². The van der Waals surface area contributed by atoms with Gasteiger partial charge in [-0.15, -0.1) is 0 Å². The third kappa shape index (κ3) is 3.78. The van der Waals surface area contributed by atoms with E-state index in [4.69, 9.17) is 0 Å². The molecular formula is C15H20N2O3S. The monoisotopic (exact) mass is 308 g/mol. The summed E-state index contributed by atoms with van der Waals surface area (Å²) in [5, 5.41) is 10.3. The first-order chi connectivity index (χ1) is 9.94. The van der Waals surface area contributed by atoms with Crippen LogP contribution in [0.2, 0.25) is 0 Å². The molecule has 1 heterocycles. The van der Waals surface area contributed by atoms with Crippen LogP contribution in [-0.4, -0.2) is 31.2 Å². The molecule has 0 bridgehead atoms. The number of nitrogens with zero attached hydrogens (tertiary/aromatic N) is 1. The molecule has 0 saturated carbocycles. The van der Waals surface area contributed by atoms with Gasteiger partial charge >= 0.3 is 0 Å². The largest absolute Gasteiger partial charge is 0.393 e. The zero-order chi connectivity index (χ0) is 15.5. The Hall–Kier alpha value is -1.50. The van der Waals surface area contributed by atoms with Crippen LogP contribution in [0.25, 0.3) is 10.9 Å². The third-order valence-corrected chi connectivity index (χ3v) is 4.83. The van der Waals surface area contributed by atoms with Crippen molar-refractivity contribution in [3.63, 3.8) is 0 Å². The van der Waals surface area contributed by atoms with Gasteiger partial charge in [0.05, 0.1) is 11.6 Å². The van der Waals surface area contributed by atoms with Crippen LogP contribution in [0.3, 0.4) is 0 Å². The number of aliphatic hydroxyl groups is 1. The van der Waals surface area contributed by atoms with Gasteiger partial charge in [0, 0.05) is 18.1 Å². The third-order valence-electron chi connectivity index (χ3n) is 3.34. The summed E-state index contributed by atoms with van der Waals surface area (Å²) in [6.07, 6.45) is 2.17. The molecule has 0 aliphatic heterocycles. The summed E-state index contributed by atoms with van der Waals surface area (Å²) < 4.78 is 27.3. The quantitative estimate of drug-likeness (QED) is 0.855. The lowest BCUT2D eigenvalue weighted by Crippen LogP contribution is -2.27. The molecule has 0 aliphatic carbocycles. The van der Waals surface area contributed by atoms with Gasteiger partial charge in [-0.2, -0.15) is 0 Å². The van der Waals surface area contributed by atoms with E-state index < -0.39 is 16.1 Å². The maximum absolute atomic E-state index is 12.4. The number of aromatic nitrogens is 1. The number of aryl methyl sites for hydroxylation is 1. The molecule has 0 aliphatic rings. The van der Waals surface area contributed by atoms with Gasteiger partial charge in [0.15, 0.2) is 0 Å². The lowest BCUT2D eigenvalue weighted by atomic mass is 10.2. The Bertz CT molecular complexity index is 729. The number of fused-ring (bicyclic) bond motifs is 1. The van der Waals surface area contributed by atoms with Gasteiger partial charge in [-0.05, 0) is 37.5 Å². The molecule has 2 rings (SSSR count). The topological polar surface area (TPSA) is 79.3 Å². The lowest BCUT2D eigenvalue weighted by Gasteiger charge is -2.11. The van der Waals surface area contributed by atoms with E-state index in [0.29, 0.717) is 18.4 Å². The average molecular weight is 308 g/mol. The van der Waals surface area contributed by atoms with Crippen molar-refractivity contribution in [1.82, 2.24) is 9.71 Å². The highest BCUT2D eigenvalue weighted by atomic mass is 32.2. The molecule has 1 aromatic carbocycles. The molecule has 1 atom stereocenters. The number of benzene rings is 1. The highest BCUT2D eigenvalue weighted by Gasteiger charge is 2.18. The maximum atomic E-state index is 12.4. The van der Waals surface area contributed by atoms with Gasteiger partial charge in [-0.25, -0.2) is 13.1 Å². The number of para-hydroxylation sites is 1. The molecule has 0 radical (unpaired) electrons. The fraction of sp³-hybridized carbons (Fsp3) is 0.400. The average Bonchev–Trinajstić information content (AvgIpc) is 2.45. The molecule has 1 aromatic heterocycles. The molecule has 5 nitrogen and oxygen atoms in total. The molecule has 0 spiro atoms. The number of aliphatic hydroxyl groups excluding tert-OH is 1. The van der Waals surface area contributed by atoms with Crippen LogP contribution < -0.4 is 4.72 Å². The zero-order valence-corrected chi connectivity index (χ0v) is 13.0. The Kier molecular flexibility index (Phi) is 4.92. The van der Waals surface area contributed by atoms with Crippen LogP contribution in [0.4, 0.5) is 0 Å². The molecule has 0 saturated heterocycles. The van der Waals surface area contributed by atoms with Crippen molar-refractivity contribution in [1.29, 1.82) is 0 Å². The van der Waals surface area contributed by atoms with E-state index >= 15 is 0 Å². The van der Waals surface area contributed by atoms with Crippen molar-refractivity contribution >= 4 is 20.9 Å². The molecule has 1 unspecified atom stereocenters. The first-order valence-corrected chi connectivity index (χ1v) is 8.45. The van der Waals surface area contributed by atoms with Crippen LogP contribution >= 0.6 is 0 Å². The van der Waals surface area contributed by atoms with E-state index in [0.717, 1.165) is 10.9 Å². The highest BCUT2D eigenvalue weighted by molar-refractivity contribution is 7.89. The molecule has 2 aromatic rings. The van der Waals surface area contributed by atoms with Crippen molar-refractivity contribution in [2.24, 2.45) is 0 Å². The molecule has 2 N–H and O–H groups in total. The summed E-state index contributed by atoms with van der Waals surface area (Å²) in [5.74, 6) is 0. The lowest BCUT2D eigenvalue weighted by molar-refractivity contribution is 0.162. The van der Waals surface area contributed by atoms with Crippen LogP contribution in [0.1, 0.15) is 25.3 Å². The summed E-state index contributed by atoms with van der Waals surface area (Å²) >= 11 is 0. The molecule has 21 heavy (non-hydrogen) atoms. The van der Waals surface area contributed by atoms with Gasteiger partial charge < -0.3 is 5.11 Å². The van der Waals surface area contributed by atoms with Gasteiger partial charge in [-0.1, -0.05) is 19.1 Å². The standard InChI is InChI=1S/C15H20N2O3S/c1-3-13(18)7-8-17-21(19,20)14-6-4-5-12-9-11(2)10-16-15(12)14/h4-6,9-10,13,17-18H,3,7-8H2,1-2H3. The Morgan fingerprint density at radius 1 is 1.38 bits per heavy atom. The summed E-state index contributed by atoms with van der Waals surface area (Å²) in [4.78, 5) is 4.41. The minimum absolute atomic E-state index is 0.172. The number of pyridine rings is 1. The van der Waals surface area contributed by atoms with Crippen molar-refractivity contribution in [3.8, 4) is 0 Å². The van der Waals surface area contributed by atoms with Gasteiger partial charge in [0.25, 0.3) is 0 Å². The van der Waals surface area contributed by atoms with E-state index in [-0.39, 0.29) is 11.4 Å². The molecule has 6 heteroatoms. The molecular weight excluding hydrogens is 288 g/mol. The van der Waals surface area contributed by atoms with Crippen molar-refractivity contribution < 1.29 is 13.5 Å². The second kappa shape index (κ2) is 6.51. The zero-order valence-electron chi connectivity index (χ0n) is 12.2. The van der Waals surface area contributed by atoms with E-state index in [1.165, 1.54) is 0 Å². The van der Waals surface area contributed by atoms with Crippen molar-refractivity contribution in [3.05, 3.63) is 36.0 Å². The van der Waals surface area contributed by atoms with Gasteiger partial charge in [0.1, 0.15) is 4.90 Å². The fourth-order valence-electron chi connectivity index (χ4n) is 2.10. The van der Waals surface area contributed by atoms with Crippen LogP contribution in [0.5, 0.6) is 0 Å². The number of sulfonamides is 1. The highest BCUT2D eigenvalue weighted by Crippen LogP contribution is 2.21. The predicted molar refractivity (Wildman–Crippen MR) is 82.6 cm³/mol. The van der Waals surface area contributed by atoms with Crippen molar-refractivity contribution in [2.75, 3.05) is 6.54 Å². The number of rotatable bonds is 6. The Morgan fingerprint density at radius 2 is 2.14 bits per heavy atom. The number of hydrogen-bond donors (Lipinski definition) is 2. The Labute approximate surface area is 125 Å². The minimum Gasteiger partial charge on any atom is -0.393 e. The summed E-state index contributed by atoms with van der Waals surface area (Å²) in [5.41, 5.74) is 1.45. The molecule has 0 amide bonds. The first-order valence-electron chi connectivity index (χ1n) is 6.97. The van der Waals surface area contributed by atoms with Crippen molar-refractivity contribution in [2.45, 2.75) is 37.7 Å². The normalized spacial score (nSPS) is 13.5. The molecule has 0 fully saturated rings. The van der Waals surface area contributed by atoms with E-state index in [2.05, 4.69) is 9.71 Å². The summed E-state index contributed by atoms with van der Waals surface area (Å²) in [6.45, 7) is 3.98. The second-order valence-corrected chi connectivity index (χ2v) is 6.82. The van der Waals surface area contributed by atoms with Crippen LogP contribution in [-0.2, 0) is 10.0 Å². The number of nitrogens with one attached hydrogen (secondary N) is 1. The first kappa shape index (κ1) is 15.9. The SMILES string of the molecule is CCC(O)CCNS(=O)(=O)c1cccc2cc(C)cnc12. The maximum Gasteiger partial charge on any atom is 0.242 e. The van der Waals surface area contributed by atoms with Crippen LogP contribution in [0, 0.1) is 6.92 Å². The van der Waals surface area contributed by atoms with E-state index in [9.17, 15) is 13.5 Å². The second-order valence-electron chi connectivity index (χ2n) is 5.09. The summed E-state index contributed by atoms with van der Waals surface area (Å²) in [7, 11) is -3.63. The van der Waals surface area contributed by atoms with Gasteiger partial charge in [-0.3, -0.25) is 4.98 Å². The predicted octanol–water partition coefficient (Wildman–Crippen LogP) is 1.98. The number of hydrogen-bond acceptors (Lipinski definition) is 4. The Morgan fingerprint density at radius 3 is 2.86 bits per heavy atom. The smallest absolute Gasteiger partial charge is 0.242 e. The van der Waals surface area contributed by atoms with E-state index in [1.54, 1.807) is 18.3 Å². The Balaban J connectivity index is 2.28. The van der Waals surface area contributed by atoms with Crippen LogP contribution in [0.15, 0.2) is 35.4 Å². The molecule has 114 valence electrons. The fourth-order valence-corrected chi connectivity index (χ4v) is 3.33.